The molecule has 1 saturated carbocycles. The quantitative estimate of drug-likeness (QED) is 0.398. The van der Waals surface area contributed by atoms with Crippen LogP contribution < -0.4 is 5.69 Å². The molecule has 2 fully saturated rings. The molecule has 35 heavy (non-hydrogen) atoms. The van der Waals surface area contributed by atoms with E-state index in [0.29, 0.717) is 10.9 Å². The molecule has 7 heteroatoms. The third kappa shape index (κ3) is 3.68. The highest BCUT2D eigenvalue weighted by Crippen LogP contribution is 2.50. The number of hydrogen-bond donors (Lipinski definition) is 1. The monoisotopic (exact) mass is 488 g/mol. The van der Waals surface area contributed by atoms with Crippen molar-refractivity contribution in [2.24, 2.45) is 0 Å². The van der Waals surface area contributed by atoms with Gasteiger partial charge < -0.3 is 9.84 Å². The Labute approximate surface area is 207 Å². The van der Waals surface area contributed by atoms with Crippen LogP contribution in [0.3, 0.4) is 0 Å². The molecule has 0 amide bonds. The summed E-state index contributed by atoms with van der Waals surface area (Å²) >= 11 is 6.37. The van der Waals surface area contributed by atoms with Crippen LogP contribution in [0.5, 0.6) is 0 Å². The number of aromatic carboxylic acids is 1. The number of carbonyl (C=O) groups is 1. The van der Waals surface area contributed by atoms with Crippen molar-refractivity contribution in [1.82, 2.24) is 9.13 Å². The summed E-state index contributed by atoms with van der Waals surface area (Å²) in [5.74, 6) is -0.504. The number of aromatic nitrogens is 2. The second kappa shape index (κ2) is 8.40. The molecule has 0 spiro atoms. The molecule has 0 bridgehead atoms. The summed E-state index contributed by atoms with van der Waals surface area (Å²) in [6.45, 7) is 1.56. The summed E-state index contributed by atoms with van der Waals surface area (Å²) in [7, 11) is 0. The molecule has 1 aromatic heterocycles. The molecule has 1 N–H and O–H groups in total. The van der Waals surface area contributed by atoms with Crippen LogP contribution in [0, 0.1) is 0 Å². The maximum absolute atomic E-state index is 14.0. The molecule has 0 radical (unpaired) electrons. The van der Waals surface area contributed by atoms with E-state index in [-0.39, 0.29) is 11.3 Å². The maximum Gasteiger partial charge on any atom is 0.335 e. The molecular formula is C28H25ClN2O4. The Balaban J connectivity index is 1.50. The van der Waals surface area contributed by atoms with Crippen LogP contribution in [-0.4, -0.2) is 33.4 Å². The summed E-state index contributed by atoms with van der Waals surface area (Å²) in [4.78, 5) is 25.6. The van der Waals surface area contributed by atoms with Crippen LogP contribution in [0.1, 0.15) is 53.1 Å². The summed E-state index contributed by atoms with van der Waals surface area (Å²) in [5, 5.41) is 10.1. The minimum absolute atomic E-state index is 0.153. The highest BCUT2D eigenvalue weighted by atomic mass is 35.5. The number of ether oxygens (including phenoxy) is 1. The Morgan fingerprint density at radius 1 is 0.971 bits per heavy atom. The Hall–Kier alpha value is -3.35. The van der Waals surface area contributed by atoms with Gasteiger partial charge in [-0.1, -0.05) is 35.9 Å². The van der Waals surface area contributed by atoms with Crippen molar-refractivity contribution in [2.75, 3.05) is 13.2 Å². The van der Waals surface area contributed by atoms with Gasteiger partial charge in [0.05, 0.1) is 27.8 Å². The lowest BCUT2D eigenvalue weighted by atomic mass is 9.92. The van der Waals surface area contributed by atoms with Gasteiger partial charge in [0.1, 0.15) is 0 Å². The van der Waals surface area contributed by atoms with E-state index < -0.39 is 11.5 Å². The zero-order chi connectivity index (χ0) is 24.2. The molecule has 1 aliphatic carbocycles. The zero-order valence-electron chi connectivity index (χ0n) is 19.1. The molecule has 1 saturated heterocycles. The molecule has 178 valence electrons. The highest BCUT2D eigenvalue weighted by molar-refractivity contribution is 6.31. The van der Waals surface area contributed by atoms with Gasteiger partial charge in [0.15, 0.2) is 0 Å². The molecule has 6 rings (SSSR count). The SMILES string of the molecule is O=C(O)c1cccc(C2(n3c(=O)n(-c4ccc(C5CCOCC5)cc4)c4cc(Cl)ccc43)CC2)c1. The number of carboxylic acid groups (broad SMARTS) is 1. The minimum atomic E-state index is -0.978. The van der Waals surface area contributed by atoms with Gasteiger partial charge in [-0.05, 0) is 85.2 Å². The van der Waals surface area contributed by atoms with Gasteiger partial charge in [-0.15, -0.1) is 0 Å². The van der Waals surface area contributed by atoms with E-state index in [0.717, 1.165) is 61.2 Å². The zero-order valence-corrected chi connectivity index (χ0v) is 19.9. The molecule has 2 aliphatic rings. The Kier molecular flexibility index (Phi) is 5.31. The Morgan fingerprint density at radius 2 is 1.71 bits per heavy atom. The Morgan fingerprint density at radius 3 is 2.40 bits per heavy atom. The standard InChI is InChI=1S/C28H25ClN2O4/c29-22-6-9-24-25(17-22)30(23-7-4-18(5-8-23)19-10-14-35-15-11-19)27(34)31(24)28(12-13-28)21-3-1-2-20(16-21)26(32)33/h1-9,16-17,19H,10-15H2,(H,32,33). The van der Waals surface area contributed by atoms with Gasteiger partial charge in [-0.2, -0.15) is 0 Å². The summed E-state index contributed by atoms with van der Waals surface area (Å²) in [6.07, 6.45) is 3.54. The molecular weight excluding hydrogens is 464 g/mol. The smallest absolute Gasteiger partial charge is 0.335 e. The Bertz CT molecular complexity index is 1490. The predicted octanol–water partition coefficient (Wildman–Crippen LogP) is 5.58. The fraction of sp³-hybridized carbons (Fsp3) is 0.286. The van der Waals surface area contributed by atoms with Crippen molar-refractivity contribution in [3.05, 3.63) is 98.9 Å². The third-order valence-electron chi connectivity index (χ3n) is 7.44. The van der Waals surface area contributed by atoms with Crippen molar-refractivity contribution >= 4 is 28.6 Å². The molecule has 0 unspecified atom stereocenters. The molecule has 2 heterocycles. The number of imidazole rings is 1. The van der Waals surface area contributed by atoms with Crippen molar-refractivity contribution in [1.29, 1.82) is 0 Å². The number of carboxylic acids is 1. The van der Waals surface area contributed by atoms with E-state index in [1.165, 1.54) is 5.56 Å². The fourth-order valence-electron chi connectivity index (χ4n) is 5.46. The molecule has 4 aromatic rings. The number of benzene rings is 3. The fourth-order valence-corrected chi connectivity index (χ4v) is 5.63. The van der Waals surface area contributed by atoms with Gasteiger partial charge >= 0.3 is 11.7 Å². The first kappa shape index (κ1) is 22.1. The van der Waals surface area contributed by atoms with Crippen LogP contribution in [0.15, 0.2) is 71.5 Å². The van der Waals surface area contributed by atoms with Gasteiger partial charge in [0.25, 0.3) is 0 Å². The number of halogens is 1. The lowest BCUT2D eigenvalue weighted by molar-refractivity contribution is 0.0696. The number of rotatable bonds is 5. The molecule has 1 aliphatic heterocycles. The first-order valence-electron chi connectivity index (χ1n) is 11.9. The van der Waals surface area contributed by atoms with E-state index in [1.54, 1.807) is 28.8 Å². The van der Waals surface area contributed by atoms with Crippen LogP contribution in [0.4, 0.5) is 0 Å². The van der Waals surface area contributed by atoms with Gasteiger partial charge in [-0.25, -0.2) is 9.59 Å². The van der Waals surface area contributed by atoms with E-state index in [4.69, 9.17) is 16.3 Å². The lowest BCUT2D eigenvalue weighted by Crippen LogP contribution is -2.32. The van der Waals surface area contributed by atoms with Gasteiger partial charge in [-0.3, -0.25) is 9.13 Å². The summed E-state index contributed by atoms with van der Waals surface area (Å²) in [6, 6.07) is 20.6. The van der Waals surface area contributed by atoms with Crippen LogP contribution in [0.2, 0.25) is 5.02 Å². The second-order valence-electron chi connectivity index (χ2n) is 9.48. The molecule has 0 atom stereocenters. The lowest BCUT2D eigenvalue weighted by Gasteiger charge is -2.22. The first-order chi connectivity index (χ1) is 17.0. The highest BCUT2D eigenvalue weighted by Gasteiger charge is 2.49. The number of hydrogen-bond acceptors (Lipinski definition) is 3. The van der Waals surface area contributed by atoms with Crippen molar-refractivity contribution in [3.63, 3.8) is 0 Å². The van der Waals surface area contributed by atoms with Crippen molar-refractivity contribution in [3.8, 4) is 5.69 Å². The van der Waals surface area contributed by atoms with Crippen LogP contribution in [0.25, 0.3) is 16.7 Å². The van der Waals surface area contributed by atoms with Crippen molar-refractivity contribution < 1.29 is 14.6 Å². The summed E-state index contributed by atoms with van der Waals surface area (Å²) < 4.78 is 9.04. The van der Waals surface area contributed by atoms with E-state index in [9.17, 15) is 14.7 Å². The first-order valence-corrected chi connectivity index (χ1v) is 12.3. The van der Waals surface area contributed by atoms with E-state index in [1.807, 2.05) is 34.9 Å². The largest absolute Gasteiger partial charge is 0.478 e. The molecule has 6 nitrogen and oxygen atoms in total. The topological polar surface area (TPSA) is 73.5 Å². The van der Waals surface area contributed by atoms with Crippen molar-refractivity contribution in [2.45, 2.75) is 37.1 Å². The van der Waals surface area contributed by atoms with Crippen LogP contribution >= 0.6 is 11.6 Å². The number of fused-ring (bicyclic) bond motifs is 1. The number of nitrogens with zero attached hydrogens (tertiary/aromatic N) is 2. The average molecular weight is 489 g/mol. The minimum Gasteiger partial charge on any atom is -0.478 e. The second-order valence-corrected chi connectivity index (χ2v) is 9.92. The summed E-state index contributed by atoms with van der Waals surface area (Å²) in [5.41, 5.74) is 3.90. The van der Waals surface area contributed by atoms with Gasteiger partial charge in [0.2, 0.25) is 0 Å². The normalized spacial score (nSPS) is 17.5. The molecule has 3 aromatic carbocycles. The van der Waals surface area contributed by atoms with Crippen LogP contribution in [-0.2, 0) is 10.3 Å². The predicted molar refractivity (Wildman–Crippen MR) is 135 cm³/mol. The van der Waals surface area contributed by atoms with E-state index >= 15 is 0 Å². The third-order valence-corrected chi connectivity index (χ3v) is 7.68. The van der Waals surface area contributed by atoms with Gasteiger partial charge in [0, 0.05) is 18.2 Å². The van der Waals surface area contributed by atoms with E-state index in [2.05, 4.69) is 12.1 Å². The maximum atomic E-state index is 14.0. The average Bonchev–Trinajstić information content (AvgIpc) is 3.63.